The lowest BCUT2D eigenvalue weighted by Gasteiger charge is -2.25. The van der Waals surface area contributed by atoms with Gasteiger partial charge in [0.15, 0.2) is 0 Å². The van der Waals surface area contributed by atoms with Crippen molar-refractivity contribution in [2.75, 3.05) is 36.5 Å². The number of nitriles is 1. The quantitative estimate of drug-likeness (QED) is 0.891. The van der Waals surface area contributed by atoms with Crippen LogP contribution in [0.3, 0.4) is 0 Å². The lowest BCUT2D eigenvalue weighted by atomic mass is 10.2. The normalized spacial score (nSPS) is 16.3. The third-order valence-corrected chi connectivity index (χ3v) is 4.72. The molecule has 1 amide bonds. The Labute approximate surface area is 127 Å². The zero-order chi connectivity index (χ0) is 15.1. The van der Waals surface area contributed by atoms with E-state index in [0.717, 1.165) is 37.6 Å². The predicted octanol–water partition coefficient (Wildman–Crippen LogP) is 1.34. The SMILES string of the molecule is N#Cc1ccc(NC(=O)CCCN2CCS(=O)CC2)cc1. The first kappa shape index (κ1) is 15.7. The molecule has 1 aliphatic heterocycles. The van der Waals surface area contributed by atoms with Gasteiger partial charge in [-0.2, -0.15) is 5.26 Å². The highest BCUT2D eigenvalue weighted by Crippen LogP contribution is 2.10. The van der Waals surface area contributed by atoms with Gasteiger partial charge < -0.3 is 10.2 Å². The fraction of sp³-hybridized carbons (Fsp3) is 0.467. The Balaban J connectivity index is 1.67. The summed E-state index contributed by atoms with van der Waals surface area (Å²) in [6.45, 7) is 2.60. The van der Waals surface area contributed by atoms with Gasteiger partial charge in [-0.15, -0.1) is 0 Å². The van der Waals surface area contributed by atoms with Gasteiger partial charge in [0.25, 0.3) is 0 Å². The molecule has 1 fully saturated rings. The Kier molecular flexibility index (Phi) is 5.90. The molecule has 6 heteroatoms. The maximum absolute atomic E-state index is 11.8. The van der Waals surface area contributed by atoms with Gasteiger partial charge in [0, 0.05) is 47.5 Å². The van der Waals surface area contributed by atoms with E-state index in [1.165, 1.54) is 0 Å². The number of rotatable bonds is 5. The average molecular weight is 305 g/mol. The topological polar surface area (TPSA) is 73.2 Å². The molecule has 0 aromatic heterocycles. The Morgan fingerprint density at radius 3 is 2.57 bits per heavy atom. The van der Waals surface area contributed by atoms with Gasteiger partial charge in [-0.05, 0) is 37.2 Å². The van der Waals surface area contributed by atoms with Crippen LogP contribution in [0.5, 0.6) is 0 Å². The zero-order valence-corrected chi connectivity index (χ0v) is 12.7. The predicted molar refractivity (Wildman–Crippen MR) is 83.3 cm³/mol. The number of amides is 1. The summed E-state index contributed by atoms with van der Waals surface area (Å²) in [5.41, 5.74) is 1.29. The number of benzene rings is 1. The molecule has 1 aromatic carbocycles. The number of carbonyl (C=O) groups excluding carboxylic acids is 1. The highest BCUT2D eigenvalue weighted by Gasteiger charge is 2.14. The van der Waals surface area contributed by atoms with Gasteiger partial charge >= 0.3 is 0 Å². The van der Waals surface area contributed by atoms with Crippen molar-refractivity contribution in [2.45, 2.75) is 12.8 Å². The molecule has 1 N–H and O–H groups in total. The van der Waals surface area contributed by atoms with Crippen LogP contribution in [0.4, 0.5) is 5.69 Å². The second-order valence-electron chi connectivity index (χ2n) is 5.03. The van der Waals surface area contributed by atoms with Crippen LogP contribution < -0.4 is 5.32 Å². The zero-order valence-electron chi connectivity index (χ0n) is 11.9. The Morgan fingerprint density at radius 1 is 1.29 bits per heavy atom. The van der Waals surface area contributed by atoms with Crippen molar-refractivity contribution in [3.05, 3.63) is 29.8 Å². The summed E-state index contributed by atoms with van der Waals surface area (Å²) in [4.78, 5) is 14.1. The van der Waals surface area contributed by atoms with Crippen molar-refractivity contribution >= 4 is 22.4 Å². The molecular weight excluding hydrogens is 286 g/mol. The van der Waals surface area contributed by atoms with Crippen LogP contribution in [0.1, 0.15) is 18.4 Å². The average Bonchev–Trinajstić information content (AvgIpc) is 2.50. The summed E-state index contributed by atoms with van der Waals surface area (Å²) in [5, 5.41) is 11.5. The lowest BCUT2D eigenvalue weighted by Crippen LogP contribution is -2.38. The van der Waals surface area contributed by atoms with Crippen LogP contribution >= 0.6 is 0 Å². The van der Waals surface area contributed by atoms with Crippen molar-refractivity contribution in [3.8, 4) is 6.07 Å². The lowest BCUT2D eigenvalue weighted by molar-refractivity contribution is -0.116. The molecule has 5 nitrogen and oxygen atoms in total. The number of nitrogens with one attached hydrogen (secondary N) is 1. The van der Waals surface area contributed by atoms with Crippen LogP contribution in [0, 0.1) is 11.3 Å². The van der Waals surface area contributed by atoms with Gasteiger partial charge in [0.1, 0.15) is 0 Å². The third kappa shape index (κ3) is 5.29. The van der Waals surface area contributed by atoms with Gasteiger partial charge in [-0.1, -0.05) is 0 Å². The van der Waals surface area contributed by atoms with Crippen molar-refractivity contribution in [2.24, 2.45) is 0 Å². The maximum Gasteiger partial charge on any atom is 0.224 e. The molecule has 112 valence electrons. The molecule has 0 aliphatic carbocycles. The number of anilines is 1. The Morgan fingerprint density at radius 2 is 1.95 bits per heavy atom. The van der Waals surface area contributed by atoms with Crippen molar-refractivity contribution in [1.29, 1.82) is 5.26 Å². The van der Waals surface area contributed by atoms with E-state index >= 15 is 0 Å². The first-order valence-corrected chi connectivity index (χ1v) is 8.53. The van der Waals surface area contributed by atoms with Crippen LogP contribution in [-0.2, 0) is 15.6 Å². The summed E-state index contributed by atoms with van der Waals surface area (Å²) in [5.74, 6) is 1.48. The summed E-state index contributed by atoms with van der Waals surface area (Å²) in [6.07, 6.45) is 1.27. The summed E-state index contributed by atoms with van der Waals surface area (Å²) < 4.78 is 11.2. The third-order valence-electron chi connectivity index (χ3n) is 3.45. The van der Waals surface area contributed by atoms with E-state index < -0.39 is 10.8 Å². The molecule has 1 aliphatic rings. The Bertz CT molecular complexity index is 541. The van der Waals surface area contributed by atoms with E-state index in [4.69, 9.17) is 5.26 Å². The highest BCUT2D eigenvalue weighted by atomic mass is 32.2. The minimum absolute atomic E-state index is 0.0136. The molecule has 0 unspecified atom stereocenters. The van der Waals surface area contributed by atoms with Gasteiger partial charge in [-0.3, -0.25) is 9.00 Å². The number of hydrogen-bond acceptors (Lipinski definition) is 4. The smallest absolute Gasteiger partial charge is 0.224 e. The largest absolute Gasteiger partial charge is 0.326 e. The molecule has 1 saturated heterocycles. The highest BCUT2D eigenvalue weighted by molar-refractivity contribution is 7.85. The molecule has 0 radical (unpaired) electrons. The van der Waals surface area contributed by atoms with Crippen molar-refractivity contribution < 1.29 is 9.00 Å². The van der Waals surface area contributed by atoms with Gasteiger partial charge in [0.2, 0.25) is 5.91 Å². The minimum atomic E-state index is -0.648. The number of nitrogens with zero attached hydrogens (tertiary/aromatic N) is 2. The second-order valence-corrected chi connectivity index (χ2v) is 6.73. The van der Waals surface area contributed by atoms with Crippen molar-refractivity contribution in [1.82, 2.24) is 4.90 Å². The Hall–Kier alpha value is -1.71. The van der Waals surface area contributed by atoms with E-state index in [-0.39, 0.29) is 5.91 Å². The van der Waals surface area contributed by atoms with Crippen LogP contribution in [-0.4, -0.2) is 46.2 Å². The molecule has 0 saturated carbocycles. The van der Waals surface area contributed by atoms with E-state index in [0.29, 0.717) is 17.7 Å². The molecule has 0 spiro atoms. The van der Waals surface area contributed by atoms with Gasteiger partial charge in [-0.25, -0.2) is 0 Å². The van der Waals surface area contributed by atoms with Crippen molar-refractivity contribution in [3.63, 3.8) is 0 Å². The molecule has 2 rings (SSSR count). The van der Waals surface area contributed by atoms with Crippen LogP contribution in [0.2, 0.25) is 0 Å². The van der Waals surface area contributed by atoms with E-state index in [1.54, 1.807) is 24.3 Å². The van der Waals surface area contributed by atoms with Gasteiger partial charge in [0.05, 0.1) is 11.6 Å². The summed E-state index contributed by atoms with van der Waals surface area (Å²) in [7, 11) is -0.648. The monoisotopic (exact) mass is 305 g/mol. The van der Waals surface area contributed by atoms with Crippen LogP contribution in [0.25, 0.3) is 0 Å². The minimum Gasteiger partial charge on any atom is -0.326 e. The summed E-state index contributed by atoms with van der Waals surface area (Å²) >= 11 is 0. The molecule has 0 bridgehead atoms. The first-order chi connectivity index (χ1) is 10.2. The fourth-order valence-corrected chi connectivity index (χ4v) is 3.34. The van der Waals surface area contributed by atoms with E-state index in [9.17, 15) is 9.00 Å². The summed E-state index contributed by atoms with van der Waals surface area (Å²) in [6, 6.07) is 8.87. The maximum atomic E-state index is 11.8. The molecule has 21 heavy (non-hydrogen) atoms. The number of hydrogen-bond donors (Lipinski definition) is 1. The van der Waals surface area contributed by atoms with E-state index in [2.05, 4.69) is 10.2 Å². The molecule has 0 atom stereocenters. The first-order valence-electron chi connectivity index (χ1n) is 7.05. The van der Waals surface area contributed by atoms with E-state index in [1.807, 2.05) is 6.07 Å². The molecular formula is C15H19N3O2S. The second kappa shape index (κ2) is 7.91. The molecule has 1 aromatic rings. The fourth-order valence-electron chi connectivity index (χ4n) is 2.21. The molecule has 1 heterocycles. The van der Waals surface area contributed by atoms with Crippen LogP contribution in [0.15, 0.2) is 24.3 Å². The standard InChI is InChI=1S/C15H19N3O2S/c16-12-13-3-5-14(6-4-13)17-15(19)2-1-7-18-8-10-21(20)11-9-18/h3-6H,1-2,7-11H2,(H,17,19). The number of carbonyl (C=O) groups is 1.